The van der Waals surface area contributed by atoms with Crippen molar-refractivity contribution in [3.05, 3.63) is 72.1 Å². The molecule has 0 spiro atoms. The highest BCUT2D eigenvalue weighted by molar-refractivity contribution is 6.05. The van der Waals surface area contributed by atoms with Gasteiger partial charge in [-0.25, -0.2) is 4.98 Å². The summed E-state index contributed by atoms with van der Waals surface area (Å²) in [6, 6.07) is 12.9. The van der Waals surface area contributed by atoms with Crippen molar-refractivity contribution < 1.29 is 9.53 Å². The van der Waals surface area contributed by atoms with Crippen LogP contribution < -0.4 is 10.1 Å². The first-order chi connectivity index (χ1) is 13.7. The van der Waals surface area contributed by atoms with Crippen molar-refractivity contribution in [3.8, 4) is 5.75 Å². The minimum Gasteiger partial charge on any atom is -0.493 e. The van der Waals surface area contributed by atoms with E-state index in [9.17, 15) is 4.79 Å². The predicted octanol–water partition coefficient (Wildman–Crippen LogP) is 5.32. The highest BCUT2D eigenvalue weighted by Gasteiger charge is 2.13. The number of amides is 1. The number of hydrogen-bond donors (Lipinski definition) is 1. The lowest BCUT2D eigenvalue weighted by Crippen LogP contribution is -2.15. The average molecular weight is 375 g/mol. The molecule has 3 aromatic rings. The van der Waals surface area contributed by atoms with E-state index < -0.39 is 0 Å². The summed E-state index contributed by atoms with van der Waals surface area (Å²) in [5.74, 6) is 0.483. The number of allylic oxidation sites excluding steroid dienone is 1. The predicted molar refractivity (Wildman–Crippen MR) is 113 cm³/mol. The number of carbonyl (C=O) groups excluding carboxylic acids is 1. The van der Waals surface area contributed by atoms with Crippen molar-refractivity contribution in [3.63, 3.8) is 0 Å². The molecule has 0 aliphatic heterocycles. The van der Waals surface area contributed by atoms with Gasteiger partial charge in [-0.2, -0.15) is 0 Å². The molecule has 1 N–H and O–H groups in total. The molecule has 2 aromatic heterocycles. The van der Waals surface area contributed by atoms with Gasteiger partial charge in [-0.1, -0.05) is 31.6 Å². The van der Waals surface area contributed by atoms with Gasteiger partial charge in [-0.05, 0) is 55.7 Å². The molecule has 0 aliphatic carbocycles. The Hall–Kier alpha value is -3.21. The van der Waals surface area contributed by atoms with Gasteiger partial charge in [-0.15, -0.1) is 0 Å². The summed E-state index contributed by atoms with van der Waals surface area (Å²) >= 11 is 0. The number of nitrogens with zero attached hydrogens (tertiary/aromatic N) is 2. The van der Waals surface area contributed by atoms with Crippen LogP contribution in [0.3, 0.4) is 0 Å². The molecule has 0 fully saturated rings. The molecule has 0 bridgehead atoms. The first-order valence-corrected chi connectivity index (χ1v) is 9.59. The number of fused-ring (bicyclic) bond motifs is 1. The first-order valence-electron chi connectivity index (χ1n) is 9.59. The zero-order valence-corrected chi connectivity index (χ0v) is 16.3. The number of pyridine rings is 2. The van der Waals surface area contributed by atoms with Crippen molar-refractivity contribution in [1.29, 1.82) is 0 Å². The largest absolute Gasteiger partial charge is 0.493 e. The SMILES string of the molecule is CCCC=CCCOc1cccc(NC(=O)c2nc3cccnc3cc2C)c1. The Balaban J connectivity index is 1.65. The van der Waals surface area contributed by atoms with Gasteiger partial charge in [0, 0.05) is 18.0 Å². The van der Waals surface area contributed by atoms with Crippen LogP contribution in [0.5, 0.6) is 5.75 Å². The number of benzene rings is 1. The number of unbranched alkanes of at least 4 members (excludes halogenated alkanes) is 1. The van der Waals surface area contributed by atoms with Crippen LogP contribution in [0.1, 0.15) is 42.2 Å². The molecule has 3 rings (SSSR count). The van der Waals surface area contributed by atoms with E-state index in [2.05, 4.69) is 34.4 Å². The molecule has 0 saturated heterocycles. The Morgan fingerprint density at radius 2 is 1.96 bits per heavy atom. The van der Waals surface area contributed by atoms with Crippen LogP contribution in [-0.2, 0) is 0 Å². The summed E-state index contributed by atoms with van der Waals surface area (Å²) < 4.78 is 5.77. The van der Waals surface area contributed by atoms with Crippen LogP contribution >= 0.6 is 0 Å². The summed E-state index contributed by atoms with van der Waals surface area (Å²) in [4.78, 5) is 21.4. The van der Waals surface area contributed by atoms with Gasteiger partial charge in [0.15, 0.2) is 0 Å². The lowest BCUT2D eigenvalue weighted by Gasteiger charge is -2.10. The van der Waals surface area contributed by atoms with E-state index in [1.165, 1.54) is 0 Å². The number of aromatic nitrogens is 2. The molecule has 0 atom stereocenters. The topological polar surface area (TPSA) is 64.1 Å². The monoisotopic (exact) mass is 375 g/mol. The number of aryl methyl sites for hydroxylation is 1. The van der Waals surface area contributed by atoms with Crippen molar-refractivity contribution in [2.24, 2.45) is 0 Å². The molecule has 28 heavy (non-hydrogen) atoms. The zero-order valence-electron chi connectivity index (χ0n) is 16.3. The molecule has 144 valence electrons. The summed E-state index contributed by atoms with van der Waals surface area (Å²) in [5, 5.41) is 2.91. The zero-order chi connectivity index (χ0) is 19.8. The molecular weight excluding hydrogens is 350 g/mol. The highest BCUT2D eigenvalue weighted by atomic mass is 16.5. The van der Waals surface area contributed by atoms with Crippen LogP contribution in [0.15, 0.2) is 60.8 Å². The van der Waals surface area contributed by atoms with Crippen LogP contribution in [0.4, 0.5) is 5.69 Å². The Kier molecular flexibility index (Phi) is 6.73. The van der Waals surface area contributed by atoms with E-state index in [1.807, 2.05) is 49.4 Å². The summed E-state index contributed by atoms with van der Waals surface area (Å²) in [6.45, 7) is 4.63. The van der Waals surface area contributed by atoms with Crippen molar-refractivity contribution in [2.75, 3.05) is 11.9 Å². The van der Waals surface area contributed by atoms with E-state index >= 15 is 0 Å². The molecule has 0 aliphatic rings. The van der Waals surface area contributed by atoms with Gasteiger partial charge < -0.3 is 10.1 Å². The van der Waals surface area contributed by atoms with E-state index in [4.69, 9.17) is 4.74 Å². The van der Waals surface area contributed by atoms with Crippen LogP contribution in [0, 0.1) is 6.92 Å². The first kappa shape index (κ1) is 19.5. The third-order valence-corrected chi connectivity index (χ3v) is 4.26. The minimum atomic E-state index is -0.247. The van der Waals surface area contributed by atoms with Gasteiger partial charge in [0.1, 0.15) is 11.4 Å². The van der Waals surface area contributed by atoms with E-state index in [-0.39, 0.29) is 5.91 Å². The number of ether oxygens (including phenoxy) is 1. The second-order valence-corrected chi connectivity index (χ2v) is 6.57. The molecule has 2 heterocycles. The highest BCUT2D eigenvalue weighted by Crippen LogP contribution is 2.20. The third kappa shape index (κ3) is 5.16. The maximum Gasteiger partial charge on any atom is 0.274 e. The summed E-state index contributed by atoms with van der Waals surface area (Å²) in [7, 11) is 0. The Morgan fingerprint density at radius 1 is 1.11 bits per heavy atom. The molecule has 0 saturated carbocycles. The standard InChI is InChI=1S/C23H25N3O2/c1-3-4-5-6-7-14-28-19-11-8-10-18(16-19)25-23(27)22-17(2)15-21-20(26-22)12-9-13-24-21/h5-6,8-13,15-16H,3-4,7,14H2,1-2H3,(H,25,27). The molecule has 0 unspecified atom stereocenters. The number of anilines is 1. The van der Waals surface area contributed by atoms with Crippen LogP contribution in [0.2, 0.25) is 0 Å². The van der Waals surface area contributed by atoms with Crippen molar-refractivity contribution in [2.45, 2.75) is 33.1 Å². The second kappa shape index (κ2) is 9.65. The normalized spacial score (nSPS) is 11.1. The molecule has 1 aromatic carbocycles. The number of nitrogens with one attached hydrogen (secondary N) is 1. The minimum absolute atomic E-state index is 0.247. The van der Waals surface area contributed by atoms with Crippen LogP contribution in [-0.4, -0.2) is 22.5 Å². The molecule has 5 nitrogen and oxygen atoms in total. The average Bonchev–Trinajstić information content (AvgIpc) is 2.70. The van der Waals surface area contributed by atoms with Crippen LogP contribution in [0.25, 0.3) is 11.0 Å². The van der Waals surface area contributed by atoms with E-state index in [1.54, 1.807) is 6.20 Å². The van der Waals surface area contributed by atoms with Gasteiger partial charge in [0.2, 0.25) is 0 Å². The third-order valence-electron chi connectivity index (χ3n) is 4.26. The second-order valence-electron chi connectivity index (χ2n) is 6.57. The smallest absolute Gasteiger partial charge is 0.274 e. The maximum atomic E-state index is 12.7. The van der Waals surface area contributed by atoms with Gasteiger partial charge in [-0.3, -0.25) is 9.78 Å². The van der Waals surface area contributed by atoms with Gasteiger partial charge in [0.25, 0.3) is 5.91 Å². The molecule has 0 radical (unpaired) electrons. The Morgan fingerprint density at radius 3 is 2.82 bits per heavy atom. The quantitative estimate of drug-likeness (QED) is 0.428. The molecular formula is C23H25N3O2. The number of rotatable bonds is 8. The fraction of sp³-hybridized carbons (Fsp3) is 0.261. The lowest BCUT2D eigenvalue weighted by molar-refractivity contribution is 0.102. The fourth-order valence-electron chi connectivity index (χ4n) is 2.83. The molecule has 5 heteroatoms. The summed E-state index contributed by atoms with van der Waals surface area (Å²) in [5.41, 5.74) is 3.34. The summed E-state index contributed by atoms with van der Waals surface area (Å²) in [6.07, 6.45) is 9.15. The molecule has 1 amide bonds. The van der Waals surface area contributed by atoms with Gasteiger partial charge >= 0.3 is 0 Å². The lowest BCUT2D eigenvalue weighted by atomic mass is 10.1. The van der Waals surface area contributed by atoms with Gasteiger partial charge in [0.05, 0.1) is 17.6 Å². The Bertz CT molecular complexity index is 982. The fourth-order valence-corrected chi connectivity index (χ4v) is 2.83. The maximum absolute atomic E-state index is 12.7. The van der Waals surface area contributed by atoms with Crippen molar-refractivity contribution in [1.82, 2.24) is 9.97 Å². The van der Waals surface area contributed by atoms with E-state index in [0.29, 0.717) is 23.5 Å². The number of carbonyl (C=O) groups is 1. The van der Waals surface area contributed by atoms with E-state index in [0.717, 1.165) is 36.1 Å². The number of hydrogen-bond acceptors (Lipinski definition) is 4. The van der Waals surface area contributed by atoms with Crippen molar-refractivity contribution >= 4 is 22.6 Å². The Labute approximate surface area is 165 Å².